The van der Waals surface area contributed by atoms with E-state index in [1.54, 1.807) is 23.6 Å². The monoisotopic (exact) mass is 207 g/mol. The Hall–Kier alpha value is -1.38. The van der Waals surface area contributed by atoms with E-state index in [-0.39, 0.29) is 11.3 Å². The largest absolute Gasteiger partial charge is 0.313 e. The highest BCUT2D eigenvalue weighted by Crippen LogP contribution is 2.01. The summed E-state index contributed by atoms with van der Waals surface area (Å²) >= 11 is 0. The Morgan fingerprint density at radius 3 is 2.67 bits per heavy atom. The van der Waals surface area contributed by atoms with Crippen LogP contribution in [0.5, 0.6) is 0 Å². The highest BCUT2D eigenvalue weighted by molar-refractivity contribution is 5.75. The highest BCUT2D eigenvalue weighted by atomic mass is 16.1. The topological polar surface area (TPSA) is 39.1 Å². The molecule has 0 aliphatic carbocycles. The fraction of sp³-hybridized carbons (Fsp3) is 0.500. The molecule has 0 saturated heterocycles. The number of hydrogen-bond acceptors (Lipinski definition) is 2. The molecule has 1 heterocycles. The first kappa shape index (κ1) is 11.7. The van der Waals surface area contributed by atoms with E-state index in [4.69, 9.17) is 0 Å². The summed E-state index contributed by atoms with van der Waals surface area (Å²) in [6.07, 6.45) is 2.35. The van der Waals surface area contributed by atoms with Crippen LogP contribution >= 0.6 is 0 Å². The number of hydrogen-bond donors (Lipinski definition) is 0. The van der Waals surface area contributed by atoms with Crippen LogP contribution in [0.1, 0.15) is 31.9 Å². The minimum absolute atomic E-state index is 0.0397. The second-order valence-corrected chi connectivity index (χ2v) is 3.82. The van der Waals surface area contributed by atoms with Crippen LogP contribution in [-0.2, 0) is 11.3 Å². The fourth-order valence-corrected chi connectivity index (χ4v) is 1.55. The molecule has 0 atom stereocenters. The van der Waals surface area contributed by atoms with Gasteiger partial charge in [-0.1, -0.05) is 6.07 Å². The normalized spacial score (nSPS) is 10.3. The van der Waals surface area contributed by atoms with Crippen molar-refractivity contribution in [3.05, 3.63) is 34.2 Å². The average molecular weight is 207 g/mol. The lowest BCUT2D eigenvalue weighted by atomic mass is 10.2. The second kappa shape index (κ2) is 5.49. The molecule has 0 saturated carbocycles. The Kier molecular flexibility index (Phi) is 4.28. The van der Waals surface area contributed by atoms with Crippen molar-refractivity contribution in [2.45, 2.75) is 39.7 Å². The Balaban J connectivity index is 2.51. The summed E-state index contributed by atoms with van der Waals surface area (Å²) < 4.78 is 1.75. The van der Waals surface area contributed by atoms with Crippen molar-refractivity contribution >= 4 is 5.78 Å². The summed E-state index contributed by atoms with van der Waals surface area (Å²) in [6, 6.07) is 5.26. The molecule has 0 unspecified atom stereocenters. The standard InChI is InChI=1S/C12H17NO2/c1-10-6-5-8-12(15)13(10)9-4-3-7-11(2)14/h5-6,8H,3-4,7,9H2,1-2H3. The van der Waals surface area contributed by atoms with Gasteiger partial charge in [0.05, 0.1) is 0 Å². The first-order valence-corrected chi connectivity index (χ1v) is 5.27. The smallest absolute Gasteiger partial charge is 0.250 e. The third-order valence-electron chi connectivity index (χ3n) is 2.43. The van der Waals surface area contributed by atoms with Crippen LogP contribution in [0.15, 0.2) is 23.0 Å². The summed E-state index contributed by atoms with van der Waals surface area (Å²) in [4.78, 5) is 22.2. The highest BCUT2D eigenvalue weighted by Gasteiger charge is 1.99. The van der Waals surface area contributed by atoms with E-state index in [1.165, 1.54) is 0 Å². The van der Waals surface area contributed by atoms with Gasteiger partial charge in [-0.05, 0) is 32.8 Å². The van der Waals surface area contributed by atoms with Crippen molar-refractivity contribution in [3.8, 4) is 0 Å². The van der Waals surface area contributed by atoms with E-state index in [0.717, 1.165) is 18.5 Å². The maximum absolute atomic E-state index is 11.5. The quantitative estimate of drug-likeness (QED) is 0.692. The number of rotatable bonds is 5. The summed E-state index contributed by atoms with van der Waals surface area (Å²) in [6.45, 7) is 4.23. The van der Waals surface area contributed by atoms with Gasteiger partial charge in [0.15, 0.2) is 0 Å². The third-order valence-corrected chi connectivity index (χ3v) is 2.43. The van der Waals surface area contributed by atoms with Gasteiger partial charge >= 0.3 is 0 Å². The van der Waals surface area contributed by atoms with Gasteiger partial charge in [-0.3, -0.25) is 4.79 Å². The molecule has 15 heavy (non-hydrogen) atoms. The molecule has 0 aromatic carbocycles. The molecule has 82 valence electrons. The maximum atomic E-state index is 11.5. The van der Waals surface area contributed by atoms with Gasteiger partial charge < -0.3 is 9.36 Å². The van der Waals surface area contributed by atoms with Crippen molar-refractivity contribution in [3.63, 3.8) is 0 Å². The van der Waals surface area contributed by atoms with E-state index >= 15 is 0 Å². The number of nitrogens with zero attached hydrogens (tertiary/aromatic N) is 1. The number of aryl methyl sites for hydroxylation is 1. The molecule has 0 N–H and O–H groups in total. The number of Topliss-reactive ketones (excluding diaryl/α,β-unsaturated/α-hetero) is 1. The van der Waals surface area contributed by atoms with Crippen LogP contribution in [-0.4, -0.2) is 10.4 Å². The SMILES string of the molecule is CC(=O)CCCCn1c(C)cccc1=O. The predicted molar refractivity (Wildman–Crippen MR) is 60.0 cm³/mol. The number of unbranched alkanes of at least 4 members (excludes halogenated alkanes) is 1. The minimum Gasteiger partial charge on any atom is -0.313 e. The van der Waals surface area contributed by atoms with Crippen molar-refractivity contribution in [2.75, 3.05) is 0 Å². The number of ketones is 1. The van der Waals surface area contributed by atoms with Gasteiger partial charge in [0.2, 0.25) is 0 Å². The van der Waals surface area contributed by atoms with E-state index in [2.05, 4.69) is 0 Å². The first-order chi connectivity index (χ1) is 7.11. The molecular weight excluding hydrogens is 190 g/mol. The molecule has 0 radical (unpaired) electrons. The molecule has 0 amide bonds. The van der Waals surface area contributed by atoms with E-state index in [0.29, 0.717) is 13.0 Å². The maximum Gasteiger partial charge on any atom is 0.250 e. The Morgan fingerprint density at radius 1 is 1.33 bits per heavy atom. The minimum atomic E-state index is 0.0397. The van der Waals surface area contributed by atoms with E-state index in [1.807, 2.05) is 13.0 Å². The van der Waals surface area contributed by atoms with Crippen LogP contribution in [0.2, 0.25) is 0 Å². The zero-order valence-corrected chi connectivity index (χ0v) is 9.32. The summed E-state index contributed by atoms with van der Waals surface area (Å²) in [7, 11) is 0. The number of aromatic nitrogens is 1. The lowest BCUT2D eigenvalue weighted by molar-refractivity contribution is -0.117. The molecule has 0 aliphatic heterocycles. The lowest BCUT2D eigenvalue weighted by Gasteiger charge is -2.08. The number of carbonyl (C=O) groups is 1. The van der Waals surface area contributed by atoms with Crippen molar-refractivity contribution < 1.29 is 4.79 Å². The molecule has 0 fully saturated rings. The van der Waals surface area contributed by atoms with Gasteiger partial charge in [0, 0.05) is 24.7 Å². The van der Waals surface area contributed by atoms with Crippen LogP contribution in [0.3, 0.4) is 0 Å². The Morgan fingerprint density at radius 2 is 2.07 bits per heavy atom. The molecule has 1 rings (SSSR count). The molecule has 0 spiro atoms. The van der Waals surface area contributed by atoms with Gasteiger partial charge in [-0.2, -0.15) is 0 Å². The van der Waals surface area contributed by atoms with Crippen molar-refractivity contribution in [1.29, 1.82) is 0 Å². The van der Waals surface area contributed by atoms with Crippen LogP contribution in [0.4, 0.5) is 0 Å². The molecule has 0 bridgehead atoms. The van der Waals surface area contributed by atoms with Crippen LogP contribution in [0.25, 0.3) is 0 Å². The number of carbonyl (C=O) groups excluding carboxylic acids is 1. The van der Waals surface area contributed by atoms with Crippen LogP contribution in [0, 0.1) is 6.92 Å². The van der Waals surface area contributed by atoms with Gasteiger partial charge in [0.25, 0.3) is 5.56 Å². The van der Waals surface area contributed by atoms with Crippen molar-refractivity contribution in [2.24, 2.45) is 0 Å². The summed E-state index contributed by atoms with van der Waals surface area (Å²) in [5, 5.41) is 0. The Bertz CT molecular complexity index is 393. The molecule has 3 nitrogen and oxygen atoms in total. The number of pyridine rings is 1. The fourth-order valence-electron chi connectivity index (χ4n) is 1.55. The van der Waals surface area contributed by atoms with Gasteiger partial charge in [-0.15, -0.1) is 0 Å². The Labute approximate surface area is 89.7 Å². The summed E-state index contributed by atoms with van der Waals surface area (Å²) in [5.41, 5.74) is 1.02. The van der Waals surface area contributed by atoms with Gasteiger partial charge in [-0.25, -0.2) is 0 Å². The first-order valence-electron chi connectivity index (χ1n) is 5.27. The lowest BCUT2D eigenvalue weighted by Crippen LogP contribution is -2.20. The summed E-state index contributed by atoms with van der Waals surface area (Å²) in [5.74, 6) is 0.215. The zero-order valence-electron chi connectivity index (χ0n) is 9.32. The van der Waals surface area contributed by atoms with E-state index < -0.39 is 0 Å². The zero-order chi connectivity index (χ0) is 11.3. The van der Waals surface area contributed by atoms with Crippen molar-refractivity contribution in [1.82, 2.24) is 4.57 Å². The second-order valence-electron chi connectivity index (χ2n) is 3.82. The van der Waals surface area contributed by atoms with E-state index in [9.17, 15) is 9.59 Å². The van der Waals surface area contributed by atoms with Gasteiger partial charge in [0.1, 0.15) is 5.78 Å². The third kappa shape index (κ3) is 3.70. The predicted octanol–water partition coefficient (Wildman–Crippen LogP) is 1.92. The van der Waals surface area contributed by atoms with Crippen LogP contribution < -0.4 is 5.56 Å². The molecule has 1 aromatic heterocycles. The average Bonchev–Trinajstić information content (AvgIpc) is 2.15. The molecular formula is C12H17NO2. The molecule has 0 aliphatic rings. The molecule has 1 aromatic rings. The molecule has 3 heteroatoms.